The van der Waals surface area contributed by atoms with Crippen LogP contribution in [-0.2, 0) is 9.63 Å². The van der Waals surface area contributed by atoms with Gasteiger partial charge in [0.2, 0.25) is 5.91 Å². The largest absolute Gasteiger partial charge is 0.272 e. The fourth-order valence-corrected chi connectivity index (χ4v) is 2.99. The van der Waals surface area contributed by atoms with Crippen molar-refractivity contribution in [2.45, 2.75) is 6.42 Å². The Balaban J connectivity index is 1.95. The molecule has 0 aromatic heterocycles. The molecule has 2 fully saturated rings. The molecule has 13 heavy (non-hydrogen) atoms. The number of nitrogens with zero attached hydrogens (tertiary/aromatic N) is 1. The van der Waals surface area contributed by atoms with Crippen molar-refractivity contribution in [2.75, 3.05) is 13.7 Å². The summed E-state index contributed by atoms with van der Waals surface area (Å²) in [6.45, 7) is 0.721. The van der Waals surface area contributed by atoms with Gasteiger partial charge in [-0.25, -0.2) is 5.06 Å². The zero-order chi connectivity index (χ0) is 9.00. The summed E-state index contributed by atoms with van der Waals surface area (Å²) in [5.74, 6) is 1.95. The maximum atomic E-state index is 11.8. The summed E-state index contributed by atoms with van der Waals surface area (Å²) in [6, 6.07) is 0. The van der Waals surface area contributed by atoms with Crippen LogP contribution in [0, 0.1) is 23.7 Å². The quantitative estimate of drug-likeness (QED) is 0.515. The van der Waals surface area contributed by atoms with E-state index in [1.54, 1.807) is 7.05 Å². The first-order valence-corrected chi connectivity index (χ1v) is 4.86. The van der Waals surface area contributed by atoms with E-state index in [0.717, 1.165) is 13.0 Å². The Labute approximate surface area is 77.3 Å². The van der Waals surface area contributed by atoms with Crippen molar-refractivity contribution < 1.29 is 9.63 Å². The molecule has 0 N–H and O–H groups in total. The Morgan fingerprint density at radius 3 is 3.08 bits per heavy atom. The first-order valence-electron chi connectivity index (χ1n) is 4.86. The molecule has 1 heterocycles. The summed E-state index contributed by atoms with van der Waals surface area (Å²) in [5.41, 5.74) is 0. The summed E-state index contributed by atoms with van der Waals surface area (Å²) in [5, 5.41) is 1.41. The first-order chi connectivity index (χ1) is 6.27. The Morgan fingerprint density at radius 2 is 2.23 bits per heavy atom. The van der Waals surface area contributed by atoms with E-state index in [9.17, 15) is 4.79 Å². The second kappa shape index (κ2) is 2.35. The molecule has 0 aromatic carbocycles. The molecule has 0 aromatic rings. The molecule has 3 nitrogen and oxygen atoms in total. The van der Waals surface area contributed by atoms with Gasteiger partial charge in [0.25, 0.3) is 0 Å². The third-order valence-electron chi connectivity index (χ3n) is 3.68. The molecule has 70 valence electrons. The second-order valence-electron chi connectivity index (χ2n) is 4.27. The second-order valence-corrected chi connectivity index (χ2v) is 4.27. The molecule has 1 amide bonds. The van der Waals surface area contributed by atoms with Crippen LogP contribution in [0.2, 0.25) is 0 Å². The maximum absolute atomic E-state index is 11.8. The number of allylic oxidation sites excluding steroid dienone is 2. The molecule has 1 saturated heterocycles. The van der Waals surface area contributed by atoms with Gasteiger partial charge in [-0.05, 0) is 18.3 Å². The highest BCUT2D eigenvalue weighted by Crippen LogP contribution is 2.50. The van der Waals surface area contributed by atoms with Gasteiger partial charge in [-0.15, -0.1) is 0 Å². The molecule has 1 saturated carbocycles. The van der Waals surface area contributed by atoms with Crippen LogP contribution in [0.3, 0.4) is 0 Å². The number of carbonyl (C=O) groups is 1. The maximum Gasteiger partial charge on any atom is 0.249 e. The Bertz CT molecular complexity index is 287. The highest BCUT2D eigenvalue weighted by molar-refractivity contribution is 5.80. The van der Waals surface area contributed by atoms with Crippen molar-refractivity contribution >= 4 is 5.91 Å². The third kappa shape index (κ3) is 0.854. The number of hydrogen-bond donors (Lipinski definition) is 0. The molecule has 3 aliphatic rings. The average molecular weight is 179 g/mol. The number of hydroxylamine groups is 2. The van der Waals surface area contributed by atoms with Crippen LogP contribution in [0.15, 0.2) is 12.2 Å². The molecule has 1 aliphatic heterocycles. The van der Waals surface area contributed by atoms with Crippen molar-refractivity contribution in [3.63, 3.8) is 0 Å². The van der Waals surface area contributed by atoms with Gasteiger partial charge in [0.1, 0.15) is 0 Å². The predicted molar refractivity (Wildman–Crippen MR) is 46.4 cm³/mol. The van der Waals surface area contributed by atoms with Gasteiger partial charge in [0.05, 0.1) is 12.5 Å². The fourth-order valence-electron chi connectivity index (χ4n) is 2.99. The fraction of sp³-hybridized carbons (Fsp3) is 0.700. The predicted octanol–water partition coefficient (Wildman–Crippen LogP) is 0.828. The zero-order valence-corrected chi connectivity index (χ0v) is 7.64. The van der Waals surface area contributed by atoms with Gasteiger partial charge in [-0.1, -0.05) is 12.2 Å². The number of rotatable bonds is 0. The molecular weight excluding hydrogens is 166 g/mol. The standard InChI is InChI=1S/C10H13NO2/c1-11-10(12)9-7-3-2-6(4-7)8(9)5-13-11/h2-3,6-9H,4-5H2,1H3. The number of hydrogen-bond acceptors (Lipinski definition) is 2. The SMILES string of the molecule is CN1OCC2C3C=CC(C3)C2C1=O. The Kier molecular flexibility index (Phi) is 1.37. The lowest BCUT2D eigenvalue weighted by Crippen LogP contribution is -2.46. The van der Waals surface area contributed by atoms with Crippen LogP contribution in [-0.4, -0.2) is 24.6 Å². The van der Waals surface area contributed by atoms with Gasteiger partial charge in [-0.3, -0.25) is 9.63 Å². The highest BCUT2D eigenvalue weighted by atomic mass is 16.7. The Morgan fingerprint density at radius 1 is 1.46 bits per heavy atom. The van der Waals surface area contributed by atoms with Crippen LogP contribution in [0.1, 0.15) is 6.42 Å². The molecule has 4 atom stereocenters. The van der Waals surface area contributed by atoms with Crippen molar-refractivity contribution in [1.29, 1.82) is 0 Å². The van der Waals surface area contributed by atoms with Gasteiger partial charge in [-0.2, -0.15) is 0 Å². The smallest absolute Gasteiger partial charge is 0.249 e. The van der Waals surface area contributed by atoms with Crippen molar-refractivity contribution in [3.8, 4) is 0 Å². The summed E-state index contributed by atoms with van der Waals surface area (Å²) in [6.07, 6.45) is 5.63. The molecule has 2 aliphatic carbocycles. The van der Waals surface area contributed by atoms with E-state index in [1.165, 1.54) is 5.06 Å². The van der Waals surface area contributed by atoms with Crippen LogP contribution in [0.25, 0.3) is 0 Å². The summed E-state index contributed by atoms with van der Waals surface area (Å²) >= 11 is 0. The normalized spacial score (nSPS) is 47.2. The lowest BCUT2D eigenvalue weighted by molar-refractivity contribution is -0.209. The molecule has 0 radical (unpaired) electrons. The van der Waals surface area contributed by atoms with Crippen LogP contribution >= 0.6 is 0 Å². The summed E-state index contributed by atoms with van der Waals surface area (Å²) in [4.78, 5) is 17.1. The zero-order valence-electron chi connectivity index (χ0n) is 7.64. The minimum Gasteiger partial charge on any atom is -0.272 e. The minimum atomic E-state index is 0.174. The topological polar surface area (TPSA) is 29.5 Å². The number of carbonyl (C=O) groups excluding carboxylic acids is 1. The third-order valence-corrected chi connectivity index (χ3v) is 3.68. The van der Waals surface area contributed by atoms with Crippen molar-refractivity contribution in [3.05, 3.63) is 12.2 Å². The minimum absolute atomic E-state index is 0.174. The van der Waals surface area contributed by atoms with E-state index in [4.69, 9.17) is 4.84 Å². The number of amides is 1. The monoisotopic (exact) mass is 179 g/mol. The van der Waals surface area contributed by atoms with E-state index < -0.39 is 0 Å². The summed E-state index contributed by atoms with van der Waals surface area (Å²) < 4.78 is 0. The van der Waals surface area contributed by atoms with Gasteiger partial charge >= 0.3 is 0 Å². The lowest BCUT2D eigenvalue weighted by atomic mass is 9.82. The van der Waals surface area contributed by atoms with Crippen LogP contribution in [0.5, 0.6) is 0 Å². The molecule has 3 heteroatoms. The molecular formula is C10H13NO2. The van der Waals surface area contributed by atoms with E-state index in [-0.39, 0.29) is 11.8 Å². The van der Waals surface area contributed by atoms with E-state index in [2.05, 4.69) is 12.2 Å². The van der Waals surface area contributed by atoms with Crippen LogP contribution in [0.4, 0.5) is 0 Å². The first kappa shape index (κ1) is 7.56. The van der Waals surface area contributed by atoms with Gasteiger partial charge in [0, 0.05) is 13.0 Å². The lowest BCUT2D eigenvalue weighted by Gasteiger charge is -2.35. The van der Waals surface area contributed by atoms with E-state index >= 15 is 0 Å². The molecule has 2 bridgehead atoms. The Hall–Kier alpha value is -0.830. The average Bonchev–Trinajstić information content (AvgIpc) is 2.70. The van der Waals surface area contributed by atoms with Crippen molar-refractivity contribution in [1.82, 2.24) is 5.06 Å². The van der Waals surface area contributed by atoms with E-state index in [1.807, 2.05) is 0 Å². The van der Waals surface area contributed by atoms with E-state index in [0.29, 0.717) is 17.8 Å². The number of fused-ring (bicyclic) bond motifs is 5. The molecule has 3 rings (SSSR count). The molecule has 4 unspecified atom stereocenters. The highest BCUT2D eigenvalue weighted by Gasteiger charge is 2.51. The van der Waals surface area contributed by atoms with Gasteiger partial charge < -0.3 is 0 Å². The van der Waals surface area contributed by atoms with Gasteiger partial charge in [0.15, 0.2) is 0 Å². The van der Waals surface area contributed by atoms with Crippen molar-refractivity contribution in [2.24, 2.45) is 23.7 Å². The van der Waals surface area contributed by atoms with Crippen LogP contribution < -0.4 is 0 Å². The summed E-state index contributed by atoms with van der Waals surface area (Å²) in [7, 11) is 1.72. The molecule has 0 spiro atoms.